The SMILES string of the molecule is NOC1CC1O[C@H](N)C(N)=O.O=C1CCC2Oc3cc4c(cc3C(=O)N12)OCO4. The average molecular weight is 408 g/mol. The first kappa shape index (κ1) is 19.4. The quantitative estimate of drug-likeness (QED) is 0.308. The Morgan fingerprint density at radius 2 is 1.90 bits per heavy atom. The monoisotopic (exact) mass is 408 g/mol. The van der Waals surface area contributed by atoms with Gasteiger partial charge in [0.25, 0.3) is 11.8 Å². The molecule has 1 aromatic carbocycles. The van der Waals surface area contributed by atoms with E-state index in [2.05, 4.69) is 4.84 Å². The van der Waals surface area contributed by atoms with Gasteiger partial charge >= 0.3 is 0 Å². The number of nitrogens with zero attached hydrogens (tertiary/aromatic N) is 1. The molecule has 0 spiro atoms. The normalized spacial score (nSPS) is 26.7. The fourth-order valence-corrected chi connectivity index (χ4v) is 3.17. The largest absolute Gasteiger partial charge is 0.469 e. The van der Waals surface area contributed by atoms with E-state index in [9.17, 15) is 14.4 Å². The number of ether oxygens (including phenoxy) is 4. The van der Waals surface area contributed by atoms with Crippen molar-refractivity contribution in [1.82, 2.24) is 4.90 Å². The molecule has 12 heteroatoms. The Bertz CT molecular complexity index is 862. The van der Waals surface area contributed by atoms with Gasteiger partial charge in [-0.15, -0.1) is 0 Å². The highest BCUT2D eigenvalue weighted by atomic mass is 16.7. The number of imide groups is 1. The minimum atomic E-state index is -1.06. The number of nitrogens with two attached hydrogens (primary N) is 3. The van der Waals surface area contributed by atoms with E-state index in [1.807, 2.05) is 0 Å². The number of carbonyl (C=O) groups excluding carboxylic acids is 3. The van der Waals surface area contributed by atoms with Crippen molar-refractivity contribution in [3.63, 3.8) is 0 Å². The Morgan fingerprint density at radius 1 is 1.17 bits per heavy atom. The lowest BCUT2D eigenvalue weighted by Gasteiger charge is -2.30. The average Bonchev–Trinajstić information content (AvgIpc) is 3.10. The molecule has 156 valence electrons. The number of carbonyl (C=O) groups is 3. The van der Waals surface area contributed by atoms with Crippen LogP contribution in [0.4, 0.5) is 0 Å². The lowest BCUT2D eigenvalue weighted by atomic mass is 10.1. The van der Waals surface area contributed by atoms with Gasteiger partial charge in [-0.2, -0.15) is 0 Å². The standard InChI is InChI=1S/C12H9NO5.C5H11N3O3/c14-10-1-2-11-13(10)12(15)6-3-8-9(17-5-16-8)4-7(6)18-11;6-4(9)5(7)10-2-1-3(2)11-8/h3-4,11H,1-2,5H2;2-3,5H,1,7-8H2,(H2,6,9)/t;2?,3?,5-/m.0/s1. The van der Waals surface area contributed by atoms with E-state index in [4.69, 9.17) is 36.3 Å². The molecule has 0 aromatic heterocycles. The van der Waals surface area contributed by atoms with Crippen LogP contribution in [0.1, 0.15) is 29.6 Å². The maximum Gasteiger partial charge on any atom is 0.267 e. The van der Waals surface area contributed by atoms with Crippen molar-refractivity contribution in [2.75, 3.05) is 6.79 Å². The molecule has 2 fully saturated rings. The molecule has 3 aliphatic heterocycles. The summed E-state index contributed by atoms with van der Waals surface area (Å²) in [5.74, 6) is 5.18. The Kier molecular flexibility index (Phi) is 5.00. The Hall–Kier alpha value is -2.93. The van der Waals surface area contributed by atoms with Crippen molar-refractivity contribution < 1.29 is 38.2 Å². The number of hydrogen-bond donors (Lipinski definition) is 3. The summed E-state index contributed by atoms with van der Waals surface area (Å²) in [7, 11) is 0. The van der Waals surface area contributed by atoms with Crippen molar-refractivity contribution in [2.45, 2.75) is 43.9 Å². The number of primary amides is 1. The van der Waals surface area contributed by atoms with E-state index in [1.165, 1.54) is 4.90 Å². The van der Waals surface area contributed by atoms with Crippen LogP contribution in [0.15, 0.2) is 12.1 Å². The molecular weight excluding hydrogens is 388 g/mol. The second-order valence-corrected chi connectivity index (χ2v) is 6.79. The highest BCUT2D eigenvalue weighted by Gasteiger charge is 2.43. The molecule has 4 atom stereocenters. The molecule has 0 bridgehead atoms. The van der Waals surface area contributed by atoms with E-state index in [-0.39, 0.29) is 30.8 Å². The molecule has 29 heavy (non-hydrogen) atoms. The molecule has 12 nitrogen and oxygen atoms in total. The van der Waals surface area contributed by atoms with Crippen molar-refractivity contribution in [3.8, 4) is 17.2 Å². The van der Waals surface area contributed by atoms with Crippen LogP contribution in [0.5, 0.6) is 17.2 Å². The first-order chi connectivity index (χ1) is 13.9. The minimum Gasteiger partial charge on any atom is -0.469 e. The fourth-order valence-electron chi connectivity index (χ4n) is 3.17. The van der Waals surface area contributed by atoms with Crippen LogP contribution in [0.25, 0.3) is 0 Å². The van der Waals surface area contributed by atoms with E-state index in [0.717, 1.165) is 0 Å². The summed E-state index contributed by atoms with van der Waals surface area (Å²) < 4.78 is 21.1. The molecule has 1 saturated carbocycles. The van der Waals surface area contributed by atoms with Gasteiger partial charge in [0.15, 0.2) is 24.0 Å². The third kappa shape index (κ3) is 3.70. The summed E-state index contributed by atoms with van der Waals surface area (Å²) >= 11 is 0. The molecule has 1 saturated heterocycles. The number of hydrogen-bond acceptors (Lipinski definition) is 10. The molecule has 3 amide bonds. The first-order valence-corrected chi connectivity index (χ1v) is 8.91. The Morgan fingerprint density at radius 3 is 2.55 bits per heavy atom. The maximum atomic E-state index is 12.2. The lowest BCUT2D eigenvalue weighted by Crippen LogP contribution is -2.45. The molecule has 4 aliphatic rings. The van der Waals surface area contributed by atoms with Gasteiger partial charge in [-0.25, -0.2) is 10.8 Å². The molecule has 0 radical (unpaired) electrons. The van der Waals surface area contributed by atoms with Crippen LogP contribution in [0, 0.1) is 0 Å². The Balaban J connectivity index is 0.000000161. The van der Waals surface area contributed by atoms with Crippen LogP contribution in [-0.4, -0.2) is 54.1 Å². The number of fused-ring (bicyclic) bond motifs is 3. The molecule has 1 aliphatic carbocycles. The van der Waals surface area contributed by atoms with E-state index >= 15 is 0 Å². The lowest BCUT2D eigenvalue weighted by molar-refractivity contribution is -0.131. The van der Waals surface area contributed by atoms with Gasteiger partial charge in [0.05, 0.1) is 11.7 Å². The molecule has 1 aromatic rings. The number of amides is 3. The molecule has 5 rings (SSSR count). The molecule has 3 unspecified atom stereocenters. The van der Waals surface area contributed by atoms with E-state index < -0.39 is 18.4 Å². The number of benzene rings is 1. The summed E-state index contributed by atoms with van der Waals surface area (Å²) in [6, 6.07) is 3.22. The van der Waals surface area contributed by atoms with Crippen LogP contribution in [0.3, 0.4) is 0 Å². The summed E-state index contributed by atoms with van der Waals surface area (Å²) in [6.07, 6.45) is -0.298. The third-order valence-electron chi connectivity index (χ3n) is 4.80. The summed E-state index contributed by atoms with van der Waals surface area (Å²) in [6.45, 7) is 0.137. The summed E-state index contributed by atoms with van der Waals surface area (Å²) in [4.78, 5) is 39.8. The van der Waals surface area contributed by atoms with Crippen molar-refractivity contribution in [1.29, 1.82) is 0 Å². The fraction of sp³-hybridized carbons (Fsp3) is 0.471. The third-order valence-corrected chi connectivity index (χ3v) is 4.80. The van der Waals surface area contributed by atoms with Crippen molar-refractivity contribution in [2.24, 2.45) is 17.4 Å². The first-order valence-electron chi connectivity index (χ1n) is 8.91. The van der Waals surface area contributed by atoms with Crippen LogP contribution < -0.4 is 31.6 Å². The van der Waals surface area contributed by atoms with Gasteiger partial charge in [-0.3, -0.25) is 25.0 Å². The van der Waals surface area contributed by atoms with Gasteiger partial charge in [0.1, 0.15) is 11.9 Å². The smallest absolute Gasteiger partial charge is 0.267 e. The van der Waals surface area contributed by atoms with Crippen LogP contribution in [-0.2, 0) is 19.2 Å². The van der Waals surface area contributed by atoms with Gasteiger partial charge in [0, 0.05) is 31.4 Å². The molecular formula is C17H20N4O8. The summed E-state index contributed by atoms with van der Waals surface area (Å²) in [5, 5.41) is 0. The van der Waals surface area contributed by atoms with Gasteiger partial charge in [0.2, 0.25) is 12.7 Å². The van der Waals surface area contributed by atoms with Crippen LogP contribution >= 0.6 is 0 Å². The topological polar surface area (TPSA) is 179 Å². The molecule has 6 N–H and O–H groups in total. The maximum absolute atomic E-state index is 12.2. The zero-order valence-corrected chi connectivity index (χ0v) is 15.2. The zero-order chi connectivity index (χ0) is 20.7. The van der Waals surface area contributed by atoms with E-state index in [0.29, 0.717) is 42.1 Å². The predicted molar refractivity (Wildman–Crippen MR) is 93.1 cm³/mol. The van der Waals surface area contributed by atoms with Gasteiger partial charge in [-0.05, 0) is 0 Å². The second-order valence-electron chi connectivity index (χ2n) is 6.79. The van der Waals surface area contributed by atoms with E-state index in [1.54, 1.807) is 12.1 Å². The molecule has 3 heterocycles. The zero-order valence-electron chi connectivity index (χ0n) is 15.2. The Labute approximate surface area is 164 Å². The van der Waals surface area contributed by atoms with Crippen LogP contribution in [0.2, 0.25) is 0 Å². The highest BCUT2D eigenvalue weighted by molar-refractivity contribution is 6.08. The van der Waals surface area contributed by atoms with Crippen molar-refractivity contribution >= 4 is 17.7 Å². The van der Waals surface area contributed by atoms with Crippen molar-refractivity contribution in [3.05, 3.63) is 17.7 Å². The van der Waals surface area contributed by atoms with Gasteiger partial charge in [-0.1, -0.05) is 0 Å². The second kappa shape index (κ2) is 7.48. The highest BCUT2D eigenvalue weighted by Crippen LogP contribution is 2.42. The predicted octanol–water partition coefficient (Wildman–Crippen LogP) is -1.30. The minimum absolute atomic E-state index is 0.137. The van der Waals surface area contributed by atoms with Gasteiger partial charge < -0.3 is 24.7 Å². The summed E-state index contributed by atoms with van der Waals surface area (Å²) in [5.41, 5.74) is 10.4. The number of rotatable bonds is 4.